The molecule has 1 atom stereocenters. The molecule has 1 unspecified atom stereocenters. The van der Waals surface area contributed by atoms with Crippen LogP contribution in [0.15, 0.2) is 58.9 Å². The van der Waals surface area contributed by atoms with Crippen LogP contribution in [-0.4, -0.2) is 13.4 Å². The van der Waals surface area contributed by atoms with Crippen molar-refractivity contribution < 1.29 is 9.47 Å². The fourth-order valence-electron chi connectivity index (χ4n) is 3.73. The number of nitrogens with two attached hydrogens (primary N) is 1. The largest absolute Gasteiger partial charge is 0.493 e. The van der Waals surface area contributed by atoms with E-state index < -0.39 is 6.17 Å². The third-order valence-corrected chi connectivity index (χ3v) is 7.40. The molecule has 5 rings (SSSR count). The van der Waals surface area contributed by atoms with Crippen molar-refractivity contribution in [2.75, 3.05) is 12.0 Å². The predicted molar refractivity (Wildman–Crippen MR) is 138 cm³/mol. The maximum atomic E-state index is 6.26. The van der Waals surface area contributed by atoms with Crippen LogP contribution in [-0.2, 0) is 6.61 Å². The summed E-state index contributed by atoms with van der Waals surface area (Å²) >= 11 is 20.2. The van der Waals surface area contributed by atoms with Crippen LogP contribution in [0.2, 0.25) is 15.1 Å². The van der Waals surface area contributed by atoms with Gasteiger partial charge in [-0.2, -0.15) is 0 Å². The summed E-state index contributed by atoms with van der Waals surface area (Å²) in [7, 11) is 1.60. The molecule has 0 saturated heterocycles. The van der Waals surface area contributed by atoms with Crippen molar-refractivity contribution >= 4 is 73.9 Å². The molecule has 0 aliphatic carbocycles. The molecule has 1 aliphatic heterocycles. The van der Waals surface area contributed by atoms with Crippen LogP contribution in [0.1, 0.15) is 17.3 Å². The molecule has 0 spiro atoms. The van der Waals surface area contributed by atoms with Crippen molar-refractivity contribution in [1.29, 1.82) is 0 Å². The van der Waals surface area contributed by atoms with E-state index in [9.17, 15) is 0 Å². The number of methoxy groups -OCH3 is 1. The van der Waals surface area contributed by atoms with Gasteiger partial charge in [-0.05, 0) is 47.8 Å². The van der Waals surface area contributed by atoms with Gasteiger partial charge in [-0.25, -0.2) is 0 Å². The highest BCUT2D eigenvalue weighted by Crippen LogP contribution is 2.43. The normalized spacial score (nSPS) is 15.1. The van der Waals surface area contributed by atoms with Crippen molar-refractivity contribution in [2.45, 2.75) is 12.8 Å². The number of rotatable bonds is 5. The first-order chi connectivity index (χ1) is 15.9. The van der Waals surface area contributed by atoms with E-state index in [0.717, 1.165) is 32.6 Å². The minimum Gasteiger partial charge on any atom is -0.493 e. The van der Waals surface area contributed by atoms with E-state index in [1.165, 1.54) is 0 Å². The van der Waals surface area contributed by atoms with Crippen LogP contribution in [0.3, 0.4) is 0 Å². The Hall–Kier alpha value is -2.48. The smallest absolute Gasteiger partial charge is 0.163 e. The Morgan fingerprint density at radius 3 is 2.67 bits per heavy atom. The summed E-state index contributed by atoms with van der Waals surface area (Å²) in [6.07, 6.45) is 1.15. The Morgan fingerprint density at radius 1 is 1.03 bits per heavy atom. The summed E-state index contributed by atoms with van der Waals surface area (Å²) in [5, 5.41) is 4.78. The van der Waals surface area contributed by atoms with Crippen LogP contribution in [0.4, 0.5) is 11.4 Å². The third kappa shape index (κ3) is 4.25. The number of anilines is 2. The number of ether oxygens (including phenoxy) is 2. The fourth-order valence-corrected chi connectivity index (χ4v) is 5.12. The zero-order chi connectivity index (χ0) is 23.1. The first-order valence-corrected chi connectivity index (χ1v) is 12.0. The Labute approximate surface area is 209 Å². The maximum Gasteiger partial charge on any atom is 0.163 e. The van der Waals surface area contributed by atoms with E-state index in [4.69, 9.17) is 50.0 Å². The molecule has 1 aliphatic rings. The number of thiophene rings is 1. The van der Waals surface area contributed by atoms with E-state index >= 15 is 0 Å². The molecule has 168 valence electrons. The van der Waals surface area contributed by atoms with Crippen molar-refractivity contribution in [3.05, 3.63) is 80.1 Å². The quantitative estimate of drug-likeness (QED) is 0.296. The summed E-state index contributed by atoms with van der Waals surface area (Å²) in [5.74, 6) is 1.16. The van der Waals surface area contributed by atoms with Crippen LogP contribution in [0, 0.1) is 0 Å². The molecule has 0 bridgehead atoms. The van der Waals surface area contributed by atoms with Gasteiger partial charge in [0, 0.05) is 38.0 Å². The lowest BCUT2D eigenvalue weighted by atomic mass is 10.1. The minimum absolute atomic E-state index is 0.363. The molecule has 2 N–H and O–H groups in total. The van der Waals surface area contributed by atoms with Gasteiger partial charge >= 0.3 is 0 Å². The standard InChI is InChI=1S/C24H18Cl3N3O2S/c1-31-21-8-17-20(30(12-29-24(17)28)15-3-4-18(26)19(27)7-15)9-22(21)32-10-13-11-33-23-5-2-14(25)6-16(13)23/h2-9,11-12,24H,10,28H2,1H3. The molecule has 33 heavy (non-hydrogen) atoms. The zero-order valence-corrected chi connectivity index (χ0v) is 20.5. The van der Waals surface area contributed by atoms with E-state index in [1.54, 1.807) is 36.9 Å². The molecule has 4 aromatic rings. The molecular weight excluding hydrogens is 501 g/mol. The average molecular weight is 519 g/mol. The molecule has 5 nitrogen and oxygen atoms in total. The topological polar surface area (TPSA) is 60.1 Å². The lowest BCUT2D eigenvalue weighted by molar-refractivity contribution is 0.286. The second-order valence-electron chi connectivity index (χ2n) is 7.43. The van der Waals surface area contributed by atoms with Crippen molar-refractivity contribution in [2.24, 2.45) is 10.7 Å². The summed E-state index contributed by atoms with van der Waals surface area (Å²) in [4.78, 5) is 6.31. The summed E-state index contributed by atoms with van der Waals surface area (Å²) in [6, 6.07) is 15.0. The molecule has 3 aromatic carbocycles. The molecule has 0 radical (unpaired) electrons. The Morgan fingerprint density at radius 2 is 1.88 bits per heavy atom. The first kappa shape index (κ1) is 22.3. The van der Waals surface area contributed by atoms with Crippen LogP contribution in [0.25, 0.3) is 10.1 Å². The second kappa shape index (κ2) is 9.05. The van der Waals surface area contributed by atoms with Crippen LogP contribution >= 0.6 is 46.1 Å². The summed E-state index contributed by atoms with van der Waals surface area (Å²) in [5.41, 5.74) is 9.75. The molecule has 0 saturated carbocycles. The van der Waals surface area contributed by atoms with Crippen LogP contribution in [0.5, 0.6) is 11.5 Å². The van der Waals surface area contributed by atoms with Crippen molar-refractivity contribution in [1.82, 2.24) is 0 Å². The van der Waals surface area contributed by atoms with Gasteiger partial charge in [-0.1, -0.05) is 34.8 Å². The van der Waals surface area contributed by atoms with Gasteiger partial charge in [0.05, 0.1) is 29.2 Å². The number of halogens is 3. The van der Waals surface area contributed by atoms with E-state index in [-0.39, 0.29) is 0 Å². The molecular formula is C24H18Cl3N3O2S. The highest BCUT2D eigenvalue weighted by atomic mass is 35.5. The van der Waals surface area contributed by atoms with Gasteiger partial charge in [-0.15, -0.1) is 11.3 Å². The van der Waals surface area contributed by atoms with Crippen molar-refractivity contribution in [3.8, 4) is 11.5 Å². The molecule has 1 aromatic heterocycles. The van der Waals surface area contributed by atoms with E-state index in [1.807, 2.05) is 41.3 Å². The van der Waals surface area contributed by atoms with Gasteiger partial charge in [0.25, 0.3) is 0 Å². The predicted octanol–water partition coefficient (Wildman–Crippen LogP) is 7.59. The number of hydrogen-bond acceptors (Lipinski definition) is 6. The number of aliphatic imine (C=N–C) groups is 1. The van der Waals surface area contributed by atoms with Gasteiger partial charge in [0.15, 0.2) is 11.5 Å². The van der Waals surface area contributed by atoms with Gasteiger partial charge in [0.2, 0.25) is 0 Å². The maximum absolute atomic E-state index is 6.26. The molecule has 0 amide bonds. The first-order valence-electron chi connectivity index (χ1n) is 9.98. The second-order valence-corrected chi connectivity index (χ2v) is 9.59. The Bertz CT molecular complexity index is 1390. The fraction of sp³-hybridized carbons (Fsp3) is 0.125. The minimum atomic E-state index is -0.523. The average Bonchev–Trinajstić information content (AvgIpc) is 3.21. The Balaban J connectivity index is 1.52. The molecule has 9 heteroatoms. The zero-order valence-electron chi connectivity index (χ0n) is 17.4. The number of fused-ring (bicyclic) bond motifs is 2. The van der Waals surface area contributed by atoms with E-state index in [0.29, 0.717) is 33.2 Å². The van der Waals surface area contributed by atoms with Gasteiger partial charge in [0.1, 0.15) is 12.8 Å². The summed E-state index contributed by atoms with van der Waals surface area (Å²) < 4.78 is 13.0. The number of nitrogens with zero attached hydrogens (tertiary/aromatic N) is 2. The summed E-state index contributed by atoms with van der Waals surface area (Å²) in [6.45, 7) is 0.363. The lowest BCUT2D eigenvalue weighted by Gasteiger charge is -2.29. The lowest BCUT2D eigenvalue weighted by Crippen LogP contribution is -2.25. The highest BCUT2D eigenvalue weighted by Gasteiger charge is 2.24. The monoisotopic (exact) mass is 517 g/mol. The van der Waals surface area contributed by atoms with Gasteiger partial charge in [-0.3, -0.25) is 4.99 Å². The van der Waals surface area contributed by atoms with Gasteiger partial charge < -0.3 is 20.1 Å². The molecule has 0 fully saturated rings. The third-order valence-electron chi connectivity index (χ3n) is 5.41. The number of hydrogen-bond donors (Lipinski definition) is 1. The SMILES string of the molecule is COc1cc2c(cc1OCc1csc3ccc(Cl)cc13)N(c1ccc(Cl)c(Cl)c1)C=NC2N. The Kier molecular flexibility index (Phi) is 6.12. The molecule has 2 heterocycles. The highest BCUT2D eigenvalue weighted by molar-refractivity contribution is 7.17. The van der Waals surface area contributed by atoms with E-state index in [2.05, 4.69) is 10.4 Å². The van der Waals surface area contributed by atoms with Crippen molar-refractivity contribution in [3.63, 3.8) is 0 Å². The van der Waals surface area contributed by atoms with Crippen LogP contribution < -0.4 is 20.1 Å². The number of benzene rings is 3.